The number of allylic oxidation sites excluding steroid dienone is 2. The molecule has 2 aliphatic rings. The van der Waals surface area contributed by atoms with Crippen LogP contribution < -0.4 is 5.32 Å². The van der Waals surface area contributed by atoms with Crippen LogP contribution in [0.2, 0.25) is 10.2 Å². The van der Waals surface area contributed by atoms with E-state index in [1.54, 1.807) is 0 Å². The van der Waals surface area contributed by atoms with Gasteiger partial charge in [0.25, 0.3) is 0 Å². The summed E-state index contributed by atoms with van der Waals surface area (Å²) < 4.78 is 0. The molecule has 2 atom stereocenters. The second kappa shape index (κ2) is 4.60. The normalized spacial score (nSPS) is 27.8. The first kappa shape index (κ1) is 11.5. The van der Waals surface area contributed by atoms with Gasteiger partial charge in [0.05, 0.1) is 5.02 Å². The molecule has 0 bridgehead atoms. The van der Waals surface area contributed by atoms with Crippen molar-refractivity contribution < 1.29 is 0 Å². The molecule has 0 amide bonds. The zero-order valence-corrected chi connectivity index (χ0v) is 10.9. The van der Waals surface area contributed by atoms with Gasteiger partial charge in [-0.25, -0.2) is 4.98 Å². The number of hydrogen-bond acceptors (Lipinski definition) is 2. The third kappa shape index (κ3) is 2.22. The summed E-state index contributed by atoms with van der Waals surface area (Å²) in [7, 11) is 0. The maximum Gasteiger partial charge on any atom is 0.147 e. The number of aromatic nitrogens is 1. The molecule has 2 unspecified atom stereocenters. The number of nitrogens with one attached hydrogen (secondary N) is 1. The fourth-order valence-corrected chi connectivity index (χ4v) is 3.08. The molecule has 1 N–H and O–H groups in total. The van der Waals surface area contributed by atoms with Crippen LogP contribution in [0.4, 0.5) is 0 Å². The van der Waals surface area contributed by atoms with Crippen LogP contribution in [-0.4, -0.2) is 18.1 Å². The Hall–Kier alpha value is -0.570. The Balaban J connectivity index is 1.87. The molecule has 1 aliphatic heterocycles. The van der Waals surface area contributed by atoms with Crippen LogP contribution in [0.15, 0.2) is 18.3 Å². The van der Waals surface area contributed by atoms with Crippen LogP contribution >= 0.6 is 23.2 Å². The Morgan fingerprint density at radius 1 is 1.35 bits per heavy atom. The van der Waals surface area contributed by atoms with Gasteiger partial charge < -0.3 is 5.32 Å². The zero-order chi connectivity index (χ0) is 11.8. The van der Waals surface area contributed by atoms with Crippen LogP contribution in [0.25, 0.3) is 5.57 Å². The van der Waals surface area contributed by atoms with E-state index in [0.717, 1.165) is 36.9 Å². The molecule has 0 spiro atoms. The third-order valence-electron chi connectivity index (χ3n) is 3.73. The number of piperidine rings is 1. The van der Waals surface area contributed by atoms with Gasteiger partial charge in [0.15, 0.2) is 0 Å². The molecular weight excluding hydrogens is 255 g/mol. The number of halogens is 2. The SMILES string of the molecule is Clc1cc(C2=CC3CCNCC3C2)cnc1Cl. The van der Waals surface area contributed by atoms with Gasteiger partial charge in [-0.1, -0.05) is 29.3 Å². The Bertz CT molecular complexity index is 470. The Kier molecular flexibility index (Phi) is 3.12. The summed E-state index contributed by atoms with van der Waals surface area (Å²) in [6.07, 6.45) is 6.58. The predicted octanol–water partition coefficient (Wildman–Crippen LogP) is 3.40. The lowest BCUT2D eigenvalue weighted by Crippen LogP contribution is -2.33. The summed E-state index contributed by atoms with van der Waals surface area (Å²) in [5.74, 6) is 1.47. The summed E-state index contributed by atoms with van der Waals surface area (Å²) in [5, 5.41) is 4.37. The standard InChI is InChI=1S/C13H14Cl2N2/c14-12-5-11(7-17-13(12)15)9-3-8-1-2-16-6-10(8)4-9/h3,5,7-8,10,16H,1-2,4,6H2. The first-order valence-electron chi connectivity index (χ1n) is 5.97. The van der Waals surface area contributed by atoms with E-state index in [2.05, 4.69) is 16.4 Å². The highest BCUT2D eigenvalue weighted by Gasteiger charge is 2.30. The van der Waals surface area contributed by atoms with Crippen LogP contribution in [0.1, 0.15) is 18.4 Å². The lowest BCUT2D eigenvalue weighted by atomic mass is 9.89. The molecule has 17 heavy (non-hydrogen) atoms. The molecule has 3 rings (SSSR count). The number of rotatable bonds is 1. The van der Waals surface area contributed by atoms with Gasteiger partial charge in [0.2, 0.25) is 0 Å². The molecule has 1 aromatic rings. The molecule has 1 saturated heterocycles. The summed E-state index contributed by atoms with van der Waals surface area (Å²) in [6.45, 7) is 2.25. The molecule has 0 radical (unpaired) electrons. The van der Waals surface area contributed by atoms with Crippen LogP contribution in [0.3, 0.4) is 0 Å². The molecule has 1 aliphatic carbocycles. The molecular formula is C13H14Cl2N2. The molecule has 2 nitrogen and oxygen atoms in total. The summed E-state index contributed by atoms with van der Waals surface area (Å²) in [4.78, 5) is 4.12. The van der Waals surface area contributed by atoms with Crippen molar-refractivity contribution in [3.8, 4) is 0 Å². The molecule has 2 heterocycles. The lowest BCUT2D eigenvalue weighted by molar-refractivity contribution is 0.324. The largest absolute Gasteiger partial charge is 0.316 e. The highest BCUT2D eigenvalue weighted by Crippen LogP contribution is 2.39. The molecule has 0 aromatic carbocycles. The average molecular weight is 269 g/mol. The van der Waals surface area contributed by atoms with Crippen molar-refractivity contribution in [1.82, 2.24) is 10.3 Å². The van der Waals surface area contributed by atoms with Gasteiger partial charge in [-0.3, -0.25) is 0 Å². The molecule has 1 aromatic heterocycles. The third-order valence-corrected chi connectivity index (χ3v) is 4.42. The van der Waals surface area contributed by atoms with Crippen LogP contribution in [0.5, 0.6) is 0 Å². The number of hydrogen-bond donors (Lipinski definition) is 1. The van der Waals surface area contributed by atoms with Gasteiger partial charge in [-0.2, -0.15) is 0 Å². The van der Waals surface area contributed by atoms with E-state index in [1.807, 2.05) is 12.3 Å². The Morgan fingerprint density at radius 3 is 3.00 bits per heavy atom. The number of pyridine rings is 1. The minimum Gasteiger partial charge on any atom is -0.316 e. The first-order valence-corrected chi connectivity index (χ1v) is 6.72. The monoisotopic (exact) mass is 268 g/mol. The zero-order valence-electron chi connectivity index (χ0n) is 9.42. The molecule has 90 valence electrons. The average Bonchev–Trinajstić information content (AvgIpc) is 2.76. The van der Waals surface area contributed by atoms with E-state index >= 15 is 0 Å². The quantitative estimate of drug-likeness (QED) is 0.790. The lowest BCUT2D eigenvalue weighted by Gasteiger charge is -2.25. The number of fused-ring (bicyclic) bond motifs is 1. The van der Waals surface area contributed by atoms with Crippen LogP contribution in [-0.2, 0) is 0 Å². The van der Waals surface area contributed by atoms with E-state index in [4.69, 9.17) is 23.2 Å². The second-order valence-electron chi connectivity index (χ2n) is 4.81. The van der Waals surface area contributed by atoms with Gasteiger partial charge in [0.1, 0.15) is 5.15 Å². The molecule has 0 saturated carbocycles. The minimum atomic E-state index is 0.382. The Labute approximate surface area is 111 Å². The molecule has 4 heteroatoms. The maximum atomic E-state index is 6.01. The van der Waals surface area contributed by atoms with Gasteiger partial charge in [-0.15, -0.1) is 0 Å². The van der Waals surface area contributed by atoms with Crippen LogP contribution in [0, 0.1) is 11.8 Å². The van der Waals surface area contributed by atoms with Crippen molar-refractivity contribution in [2.75, 3.05) is 13.1 Å². The fraction of sp³-hybridized carbons (Fsp3) is 0.462. The van der Waals surface area contributed by atoms with Crippen molar-refractivity contribution in [2.24, 2.45) is 11.8 Å². The highest BCUT2D eigenvalue weighted by molar-refractivity contribution is 6.41. The van der Waals surface area contributed by atoms with Gasteiger partial charge >= 0.3 is 0 Å². The summed E-state index contributed by atoms with van der Waals surface area (Å²) in [5.41, 5.74) is 2.49. The van der Waals surface area contributed by atoms with E-state index in [-0.39, 0.29) is 0 Å². The fourth-order valence-electron chi connectivity index (χ4n) is 2.81. The first-order chi connectivity index (χ1) is 8.24. The topological polar surface area (TPSA) is 24.9 Å². The van der Waals surface area contributed by atoms with E-state index < -0.39 is 0 Å². The predicted molar refractivity (Wildman–Crippen MR) is 71.3 cm³/mol. The molecule has 1 fully saturated rings. The van der Waals surface area contributed by atoms with Crippen molar-refractivity contribution in [3.05, 3.63) is 34.1 Å². The van der Waals surface area contributed by atoms with Crippen molar-refractivity contribution in [1.29, 1.82) is 0 Å². The smallest absolute Gasteiger partial charge is 0.147 e. The minimum absolute atomic E-state index is 0.382. The van der Waals surface area contributed by atoms with Crippen molar-refractivity contribution in [2.45, 2.75) is 12.8 Å². The maximum absolute atomic E-state index is 6.01. The van der Waals surface area contributed by atoms with Gasteiger partial charge in [-0.05, 0) is 55.0 Å². The summed E-state index contributed by atoms with van der Waals surface area (Å²) >= 11 is 11.8. The Morgan fingerprint density at radius 2 is 2.24 bits per heavy atom. The van der Waals surface area contributed by atoms with Gasteiger partial charge in [0, 0.05) is 6.20 Å². The van der Waals surface area contributed by atoms with E-state index in [9.17, 15) is 0 Å². The van der Waals surface area contributed by atoms with Crippen molar-refractivity contribution in [3.63, 3.8) is 0 Å². The number of nitrogens with zero attached hydrogens (tertiary/aromatic N) is 1. The second-order valence-corrected chi connectivity index (χ2v) is 5.57. The van der Waals surface area contributed by atoms with E-state index in [1.165, 1.54) is 12.0 Å². The highest BCUT2D eigenvalue weighted by atomic mass is 35.5. The van der Waals surface area contributed by atoms with E-state index in [0.29, 0.717) is 10.2 Å². The summed E-state index contributed by atoms with van der Waals surface area (Å²) in [6, 6.07) is 1.92. The van der Waals surface area contributed by atoms with Crippen molar-refractivity contribution >= 4 is 28.8 Å².